The Balaban J connectivity index is 1.67. The van der Waals surface area contributed by atoms with Crippen molar-refractivity contribution < 1.29 is 9.21 Å². The summed E-state index contributed by atoms with van der Waals surface area (Å²) in [5, 5.41) is 6.13. The quantitative estimate of drug-likeness (QED) is 0.884. The number of hydrogen-bond acceptors (Lipinski definition) is 3. The van der Waals surface area contributed by atoms with E-state index in [1.807, 2.05) is 37.3 Å². The Labute approximate surface area is 111 Å². The van der Waals surface area contributed by atoms with E-state index in [-0.39, 0.29) is 5.91 Å². The molecular weight excluding hydrogens is 240 g/mol. The van der Waals surface area contributed by atoms with Crippen molar-refractivity contribution in [2.45, 2.75) is 26.6 Å². The van der Waals surface area contributed by atoms with Crippen LogP contribution in [0.4, 0.5) is 0 Å². The molecule has 0 fully saturated rings. The molecule has 0 bridgehead atoms. The van der Waals surface area contributed by atoms with Crippen molar-refractivity contribution in [3.8, 4) is 0 Å². The summed E-state index contributed by atoms with van der Waals surface area (Å²) in [6.45, 7) is 4.04. The van der Waals surface area contributed by atoms with E-state index < -0.39 is 0 Å². The maximum Gasteiger partial charge on any atom is 0.251 e. The van der Waals surface area contributed by atoms with Crippen molar-refractivity contribution in [1.82, 2.24) is 10.6 Å². The van der Waals surface area contributed by atoms with Gasteiger partial charge >= 0.3 is 0 Å². The zero-order valence-corrected chi connectivity index (χ0v) is 10.8. The first-order valence-electron chi connectivity index (χ1n) is 6.38. The number of amides is 1. The molecule has 0 radical (unpaired) electrons. The van der Waals surface area contributed by atoms with Crippen LogP contribution in [0.2, 0.25) is 0 Å². The Morgan fingerprint density at radius 3 is 2.89 bits per heavy atom. The van der Waals surface area contributed by atoms with Crippen molar-refractivity contribution in [1.29, 1.82) is 0 Å². The van der Waals surface area contributed by atoms with Gasteiger partial charge in [-0.15, -0.1) is 0 Å². The predicted octanol–water partition coefficient (Wildman–Crippen LogP) is 2.12. The molecule has 4 nitrogen and oxygen atoms in total. The van der Waals surface area contributed by atoms with E-state index in [1.54, 1.807) is 0 Å². The van der Waals surface area contributed by atoms with Gasteiger partial charge in [0.25, 0.3) is 5.91 Å². The molecule has 2 N–H and O–H groups in total. The van der Waals surface area contributed by atoms with Crippen LogP contribution in [-0.2, 0) is 19.6 Å². The van der Waals surface area contributed by atoms with Gasteiger partial charge in [-0.3, -0.25) is 4.79 Å². The Morgan fingerprint density at radius 2 is 2.11 bits per heavy atom. The topological polar surface area (TPSA) is 54.3 Å². The number of rotatable bonds is 3. The molecule has 0 spiro atoms. The number of furan rings is 1. The van der Waals surface area contributed by atoms with Crippen LogP contribution < -0.4 is 10.6 Å². The number of fused-ring (bicyclic) bond motifs is 1. The lowest BCUT2D eigenvalue weighted by Gasteiger charge is -2.05. The largest absolute Gasteiger partial charge is 0.465 e. The van der Waals surface area contributed by atoms with Crippen LogP contribution in [0.1, 0.15) is 33.0 Å². The van der Waals surface area contributed by atoms with Gasteiger partial charge in [0, 0.05) is 18.7 Å². The molecule has 0 atom stereocenters. The second-order valence-corrected chi connectivity index (χ2v) is 4.78. The molecule has 4 heteroatoms. The fourth-order valence-electron chi connectivity index (χ4n) is 2.29. The van der Waals surface area contributed by atoms with Crippen molar-refractivity contribution in [3.63, 3.8) is 0 Å². The Hall–Kier alpha value is -2.07. The molecule has 1 aliphatic rings. The molecule has 98 valence electrons. The highest BCUT2D eigenvalue weighted by Gasteiger charge is 2.13. The summed E-state index contributed by atoms with van der Waals surface area (Å²) in [4.78, 5) is 12.1. The van der Waals surface area contributed by atoms with Crippen molar-refractivity contribution in [2.24, 2.45) is 0 Å². The summed E-state index contributed by atoms with van der Waals surface area (Å²) in [7, 11) is 0. The van der Waals surface area contributed by atoms with E-state index in [0.717, 1.165) is 24.6 Å². The van der Waals surface area contributed by atoms with E-state index in [4.69, 9.17) is 4.42 Å². The number of carbonyl (C=O) groups excluding carboxylic acids is 1. The van der Waals surface area contributed by atoms with Gasteiger partial charge in [0.15, 0.2) is 0 Å². The monoisotopic (exact) mass is 256 g/mol. The van der Waals surface area contributed by atoms with Gasteiger partial charge in [-0.05, 0) is 42.3 Å². The Morgan fingerprint density at radius 1 is 1.26 bits per heavy atom. The highest BCUT2D eigenvalue weighted by molar-refractivity contribution is 5.94. The zero-order valence-electron chi connectivity index (χ0n) is 10.8. The Kier molecular flexibility index (Phi) is 3.09. The molecule has 0 saturated carbocycles. The standard InChI is InChI=1S/C15H16N2O2/c1-10-2-5-14(19-10)9-17-15(18)11-3-4-12-7-16-8-13(12)6-11/h2-6,16H,7-9H2,1H3,(H,17,18). The summed E-state index contributed by atoms with van der Waals surface area (Å²) in [5.74, 6) is 1.56. The van der Waals surface area contributed by atoms with E-state index in [2.05, 4.69) is 10.6 Å². The van der Waals surface area contributed by atoms with Crippen molar-refractivity contribution in [3.05, 3.63) is 58.5 Å². The molecule has 0 saturated heterocycles. The SMILES string of the molecule is Cc1ccc(CNC(=O)c2ccc3c(c2)CNC3)o1. The van der Waals surface area contributed by atoms with Crippen molar-refractivity contribution in [2.75, 3.05) is 0 Å². The first-order valence-corrected chi connectivity index (χ1v) is 6.38. The smallest absolute Gasteiger partial charge is 0.251 e. The van der Waals surface area contributed by atoms with Gasteiger partial charge in [-0.25, -0.2) is 0 Å². The van der Waals surface area contributed by atoms with Gasteiger partial charge in [0.05, 0.1) is 6.54 Å². The number of benzene rings is 1. The molecule has 1 aromatic heterocycles. The third-order valence-corrected chi connectivity index (χ3v) is 3.32. The number of nitrogens with one attached hydrogen (secondary N) is 2. The highest BCUT2D eigenvalue weighted by atomic mass is 16.3. The number of carbonyl (C=O) groups is 1. The summed E-state index contributed by atoms with van der Waals surface area (Å²) in [6, 6.07) is 9.61. The van der Waals surface area contributed by atoms with E-state index >= 15 is 0 Å². The minimum atomic E-state index is -0.0660. The van der Waals surface area contributed by atoms with E-state index in [9.17, 15) is 4.79 Å². The van der Waals surface area contributed by atoms with Crippen LogP contribution in [0.3, 0.4) is 0 Å². The molecule has 2 aromatic rings. The number of hydrogen-bond donors (Lipinski definition) is 2. The third-order valence-electron chi connectivity index (χ3n) is 3.32. The molecule has 3 rings (SSSR count). The fraction of sp³-hybridized carbons (Fsp3) is 0.267. The molecule has 19 heavy (non-hydrogen) atoms. The number of aryl methyl sites for hydroxylation is 1. The fourth-order valence-corrected chi connectivity index (χ4v) is 2.29. The van der Waals surface area contributed by atoms with Crippen LogP contribution in [0.5, 0.6) is 0 Å². The van der Waals surface area contributed by atoms with Crippen LogP contribution in [-0.4, -0.2) is 5.91 Å². The average molecular weight is 256 g/mol. The van der Waals surface area contributed by atoms with Crippen LogP contribution >= 0.6 is 0 Å². The zero-order chi connectivity index (χ0) is 13.2. The summed E-state index contributed by atoms with van der Waals surface area (Å²) in [6.07, 6.45) is 0. The van der Waals surface area contributed by atoms with E-state index in [0.29, 0.717) is 12.1 Å². The molecule has 1 amide bonds. The molecule has 1 aromatic carbocycles. The summed E-state index contributed by atoms with van der Waals surface area (Å²) >= 11 is 0. The van der Waals surface area contributed by atoms with Gasteiger partial charge < -0.3 is 15.1 Å². The normalized spacial score (nSPS) is 13.3. The van der Waals surface area contributed by atoms with Gasteiger partial charge in [0.1, 0.15) is 11.5 Å². The predicted molar refractivity (Wildman–Crippen MR) is 71.6 cm³/mol. The molecule has 0 aliphatic carbocycles. The maximum atomic E-state index is 12.1. The molecular formula is C15H16N2O2. The lowest BCUT2D eigenvalue weighted by Crippen LogP contribution is -2.22. The maximum absolute atomic E-state index is 12.1. The average Bonchev–Trinajstić information content (AvgIpc) is 3.03. The molecule has 0 unspecified atom stereocenters. The first-order chi connectivity index (χ1) is 9.22. The van der Waals surface area contributed by atoms with Crippen LogP contribution in [0, 0.1) is 6.92 Å². The minimum absolute atomic E-state index is 0.0660. The summed E-state index contributed by atoms with van der Waals surface area (Å²) in [5.41, 5.74) is 3.19. The van der Waals surface area contributed by atoms with Crippen LogP contribution in [0.25, 0.3) is 0 Å². The molecule has 1 aliphatic heterocycles. The first kappa shape index (κ1) is 12.0. The van der Waals surface area contributed by atoms with Gasteiger partial charge in [0.2, 0.25) is 0 Å². The lowest BCUT2D eigenvalue weighted by molar-refractivity contribution is 0.0948. The van der Waals surface area contributed by atoms with Crippen molar-refractivity contribution >= 4 is 5.91 Å². The second-order valence-electron chi connectivity index (χ2n) is 4.78. The Bertz CT molecular complexity index is 616. The third kappa shape index (κ3) is 2.53. The highest BCUT2D eigenvalue weighted by Crippen LogP contribution is 2.17. The van der Waals surface area contributed by atoms with Gasteiger partial charge in [-0.2, -0.15) is 0 Å². The van der Waals surface area contributed by atoms with E-state index in [1.165, 1.54) is 11.1 Å². The summed E-state index contributed by atoms with van der Waals surface area (Å²) < 4.78 is 5.42. The van der Waals surface area contributed by atoms with Crippen LogP contribution in [0.15, 0.2) is 34.7 Å². The second kappa shape index (κ2) is 4.90. The molecule has 2 heterocycles. The lowest BCUT2D eigenvalue weighted by atomic mass is 10.1. The minimum Gasteiger partial charge on any atom is -0.465 e. The van der Waals surface area contributed by atoms with Gasteiger partial charge in [-0.1, -0.05) is 6.07 Å².